The number of carbonyl (C=O) groups is 1. The standard InChI is InChI=1S/C18H22F3NO6/c1-28-16(26)11-7-17(27)13(6-12(23)14(24)15(17)25)22(11)8-9-2-4-10(5-3-9)18(19,20)21/h2-5,11-15,23-25,27H,6-8H2,1H3/t11-,12-,13+,14-,15-,17-/m0/s1. The number of nitrogens with zero attached hydrogens (tertiary/aromatic N) is 1. The summed E-state index contributed by atoms with van der Waals surface area (Å²) in [6, 6.07) is 2.47. The van der Waals surface area contributed by atoms with Crippen LogP contribution < -0.4 is 0 Å². The number of rotatable bonds is 3. The van der Waals surface area contributed by atoms with Gasteiger partial charge in [-0.05, 0) is 24.1 Å². The summed E-state index contributed by atoms with van der Waals surface area (Å²) in [7, 11) is 1.16. The van der Waals surface area contributed by atoms with Crippen LogP contribution in [-0.2, 0) is 22.3 Å². The van der Waals surface area contributed by atoms with Gasteiger partial charge in [0.25, 0.3) is 0 Å². The molecule has 1 saturated heterocycles. The first kappa shape index (κ1) is 21.0. The molecule has 0 radical (unpaired) electrons. The second-order valence-corrected chi connectivity index (χ2v) is 7.36. The third-order valence-electron chi connectivity index (χ3n) is 5.71. The molecule has 1 heterocycles. The number of halogens is 3. The Morgan fingerprint density at radius 1 is 1.25 bits per heavy atom. The van der Waals surface area contributed by atoms with Crippen molar-refractivity contribution in [3.63, 3.8) is 0 Å². The molecular formula is C18H22F3NO6. The molecule has 3 rings (SSSR count). The fourth-order valence-electron chi connectivity index (χ4n) is 4.18. The van der Waals surface area contributed by atoms with Gasteiger partial charge in [0.2, 0.25) is 0 Å². The summed E-state index contributed by atoms with van der Waals surface area (Å²) in [5.41, 5.74) is -2.24. The molecule has 1 aliphatic heterocycles. The molecule has 0 unspecified atom stereocenters. The average molecular weight is 405 g/mol. The number of alkyl halides is 3. The molecule has 0 bridgehead atoms. The molecule has 2 aliphatic rings. The number of aliphatic hydroxyl groups is 4. The monoisotopic (exact) mass is 405 g/mol. The average Bonchev–Trinajstić information content (AvgIpc) is 2.92. The van der Waals surface area contributed by atoms with Crippen LogP contribution in [-0.4, -0.2) is 74.4 Å². The second kappa shape index (κ2) is 7.27. The summed E-state index contributed by atoms with van der Waals surface area (Å²) in [5, 5.41) is 41.2. The Bertz CT molecular complexity index is 727. The van der Waals surface area contributed by atoms with Gasteiger partial charge < -0.3 is 25.2 Å². The maximum atomic E-state index is 12.7. The third-order valence-corrected chi connectivity index (χ3v) is 5.71. The van der Waals surface area contributed by atoms with Crippen LogP contribution in [0.2, 0.25) is 0 Å². The molecule has 6 atom stereocenters. The highest BCUT2D eigenvalue weighted by Crippen LogP contribution is 2.44. The van der Waals surface area contributed by atoms with Crippen molar-refractivity contribution in [3.05, 3.63) is 35.4 Å². The molecule has 28 heavy (non-hydrogen) atoms. The quantitative estimate of drug-likeness (QED) is 0.526. The number of likely N-dealkylation sites (tertiary alicyclic amines) is 1. The fourth-order valence-corrected chi connectivity index (χ4v) is 4.18. The Balaban J connectivity index is 1.91. The van der Waals surface area contributed by atoms with E-state index in [2.05, 4.69) is 0 Å². The Kier molecular flexibility index (Phi) is 5.45. The molecule has 1 aliphatic carbocycles. The van der Waals surface area contributed by atoms with Crippen LogP contribution in [0, 0.1) is 0 Å². The van der Waals surface area contributed by atoms with E-state index in [-0.39, 0.29) is 19.4 Å². The first-order valence-electron chi connectivity index (χ1n) is 8.75. The van der Waals surface area contributed by atoms with Gasteiger partial charge in [0.1, 0.15) is 23.9 Å². The van der Waals surface area contributed by atoms with E-state index in [0.29, 0.717) is 5.56 Å². The van der Waals surface area contributed by atoms with Crippen molar-refractivity contribution in [2.75, 3.05) is 7.11 Å². The molecule has 4 N–H and O–H groups in total. The largest absolute Gasteiger partial charge is 0.468 e. The van der Waals surface area contributed by atoms with Crippen molar-refractivity contribution in [1.82, 2.24) is 4.90 Å². The van der Waals surface area contributed by atoms with Gasteiger partial charge in [-0.25, -0.2) is 0 Å². The Morgan fingerprint density at radius 2 is 1.86 bits per heavy atom. The zero-order valence-corrected chi connectivity index (χ0v) is 15.0. The molecule has 0 spiro atoms. The summed E-state index contributed by atoms with van der Waals surface area (Å²) >= 11 is 0. The van der Waals surface area contributed by atoms with Crippen LogP contribution in [0.25, 0.3) is 0 Å². The number of fused-ring (bicyclic) bond motifs is 1. The lowest BCUT2D eigenvalue weighted by Crippen LogP contribution is -2.64. The van der Waals surface area contributed by atoms with Gasteiger partial charge in [0.15, 0.2) is 0 Å². The Morgan fingerprint density at radius 3 is 2.39 bits per heavy atom. The number of carbonyl (C=O) groups excluding carboxylic acids is 1. The SMILES string of the molecule is COC(=O)[C@@H]1C[C@@]2(O)[C@@H](O)[C@@H](O)[C@@H](O)C[C@H]2N1Cc1ccc(C(F)(F)F)cc1. The van der Waals surface area contributed by atoms with E-state index in [1.807, 2.05) is 0 Å². The molecule has 2 fully saturated rings. The van der Waals surface area contributed by atoms with Crippen molar-refractivity contribution < 1.29 is 43.1 Å². The maximum absolute atomic E-state index is 12.7. The van der Waals surface area contributed by atoms with E-state index in [1.54, 1.807) is 0 Å². The van der Waals surface area contributed by atoms with Gasteiger partial charge in [-0.2, -0.15) is 13.2 Å². The lowest BCUT2D eigenvalue weighted by Gasteiger charge is -2.45. The van der Waals surface area contributed by atoms with Crippen molar-refractivity contribution >= 4 is 5.97 Å². The van der Waals surface area contributed by atoms with Gasteiger partial charge in [0.05, 0.1) is 18.8 Å². The minimum absolute atomic E-state index is 0.0135. The summed E-state index contributed by atoms with van der Waals surface area (Å²) in [6.07, 6.45) is -9.43. The first-order chi connectivity index (χ1) is 13.0. The first-order valence-corrected chi connectivity index (χ1v) is 8.75. The second-order valence-electron chi connectivity index (χ2n) is 7.36. The van der Waals surface area contributed by atoms with E-state index in [0.717, 1.165) is 19.2 Å². The number of esters is 1. The molecule has 1 aromatic rings. The lowest BCUT2D eigenvalue weighted by atomic mass is 9.75. The molecule has 156 valence electrons. The normalized spacial score (nSPS) is 36.2. The maximum Gasteiger partial charge on any atom is 0.416 e. The topological polar surface area (TPSA) is 110 Å². The molecule has 7 nitrogen and oxygen atoms in total. The predicted molar refractivity (Wildman–Crippen MR) is 88.8 cm³/mol. The fraction of sp³-hybridized carbons (Fsp3) is 0.611. The molecular weight excluding hydrogens is 383 g/mol. The van der Waals surface area contributed by atoms with Crippen LogP contribution in [0.3, 0.4) is 0 Å². The van der Waals surface area contributed by atoms with Crippen LogP contribution in [0.5, 0.6) is 0 Å². The molecule has 1 saturated carbocycles. The number of aliphatic hydroxyl groups excluding tert-OH is 3. The smallest absolute Gasteiger partial charge is 0.416 e. The number of ether oxygens (including phenoxy) is 1. The van der Waals surface area contributed by atoms with Crippen molar-refractivity contribution in [2.45, 2.75) is 61.6 Å². The lowest BCUT2D eigenvalue weighted by molar-refractivity contribution is -0.197. The van der Waals surface area contributed by atoms with Gasteiger partial charge in [-0.15, -0.1) is 0 Å². The minimum Gasteiger partial charge on any atom is -0.468 e. The minimum atomic E-state index is -4.48. The summed E-state index contributed by atoms with van der Waals surface area (Å²) in [4.78, 5) is 13.7. The van der Waals surface area contributed by atoms with Crippen LogP contribution in [0.1, 0.15) is 24.0 Å². The molecule has 0 aromatic heterocycles. The highest BCUT2D eigenvalue weighted by Gasteiger charge is 2.62. The van der Waals surface area contributed by atoms with Crippen molar-refractivity contribution in [1.29, 1.82) is 0 Å². The molecule has 0 amide bonds. The van der Waals surface area contributed by atoms with Crippen LogP contribution in [0.15, 0.2) is 24.3 Å². The Hall–Kier alpha value is -1.72. The third kappa shape index (κ3) is 3.50. The highest BCUT2D eigenvalue weighted by atomic mass is 19.4. The summed E-state index contributed by atoms with van der Waals surface area (Å²) < 4.78 is 43.0. The summed E-state index contributed by atoms with van der Waals surface area (Å²) in [5.74, 6) is -0.689. The number of hydrogen-bond donors (Lipinski definition) is 4. The van der Waals surface area contributed by atoms with Crippen molar-refractivity contribution in [2.24, 2.45) is 0 Å². The number of benzene rings is 1. The predicted octanol–water partition coefficient (Wildman–Crippen LogP) is 0.0388. The van der Waals surface area contributed by atoms with Gasteiger partial charge in [0, 0.05) is 19.0 Å². The van der Waals surface area contributed by atoms with E-state index in [9.17, 15) is 38.4 Å². The van der Waals surface area contributed by atoms with E-state index < -0.39 is 53.7 Å². The van der Waals surface area contributed by atoms with Gasteiger partial charge in [-0.1, -0.05) is 12.1 Å². The van der Waals surface area contributed by atoms with Gasteiger partial charge in [-0.3, -0.25) is 9.69 Å². The summed E-state index contributed by atoms with van der Waals surface area (Å²) in [6.45, 7) is -0.0135. The van der Waals surface area contributed by atoms with Gasteiger partial charge >= 0.3 is 12.1 Å². The zero-order valence-electron chi connectivity index (χ0n) is 15.0. The van der Waals surface area contributed by atoms with E-state index in [1.165, 1.54) is 17.0 Å². The molecule has 1 aromatic carbocycles. The number of methoxy groups -OCH3 is 1. The highest BCUT2D eigenvalue weighted by molar-refractivity contribution is 5.76. The van der Waals surface area contributed by atoms with Crippen molar-refractivity contribution in [3.8, 4) is 0 Å². The van der Waals surface area contributed by atoms with Crippen LogP contribution >= 0.6 is 0 Å². The molecule has 10 heteroatoms. The zero-order chi connectivity index (χ0) is 20.9. The van der Waals surface area contributed by atoms with E-state index in [4.69, 9.17) is 4.74 Å². The Labute approximate surface area is 159 Å². The number of hydrogen-bond acceptors (Lipinski definition) is 7. The van der Waals surface area contributed by atoms with E-state index >= 15 is 0 Å². The van der Waals surface area contributed by atoms with Crippen LogP contribution in [0.4, 0.5) is 13.2 Å².